The molecule has 1 aromatic carbocycles. The summed E-state index contributed by atoms with van der Waals surface area (Å²) in [6.07, 6.45) is 9.07. The van der Waals surface area contributed by atoms with Crippen molar-refractivity contribution in [2.45, 2.75) is 121 Å². The Labute approximate surface area is 479 Å². The number of phenols is 1. The summed E-state index contributed by atoms with van der Waals surface area (Å²) in [4.78, 5) is 160. The first-order valence-electron chi connectivity index (χ1n) is 27.7. The number of aliphatic hydroxyl groups is 1. The summed E-state index contributed by atoms with van der Waals surface area (Å²) < 4.78 is 5.48. The number of carbonyl (C=O) groups excluding carboxylic acids is 11. The summed E-state index contributed by atoms with van der Waals surface area (Å²) in [5, 5.41) is 53.2. The third-order valence-corrected chi connectivity index (χ3v) is 13.9. The van der Waals surface area contributed by atoms with Crippen LogP contribution in [0.4, 0.5) is 4.79 Å². The molecular weight excluding hydrogens is 1090 g/mol. The first-order chi connectivity index (χ1) is 39.6. The number of hydrogen-bond donors (Lipinski definition) is 15. The second-order valence-corrected chi connectivity index (χ2v) is 20.4. The van der Waals surface area contributed by atoms with E-state index in [-0.39, 0.29) is 50.5 Å². The number of nitrogens with one attached hydrogen (secondary N) is 10. The number of phenolic OH excluding ortho intramolecular Hbond substituents is 1. The highest BCUT2D eigenvalue weighted by Gasteiger charge is 2.49. The van der Waals surface area contributed by atoms with Crippen molar-refractivity contribution in [2.75, 3.05) is 65.6 Å². The van der Waals surface area contributed by atoms with Gasteiger partial charge < -0.3 is 89.6 Å². The zero-order valence-electron chi connectivity index (χ0n) is 46.5. The molecule has 1 saturated heterocycles. The number of benzene rings is 1. The van der Waals surface area contributed by atoms with Crippen LogP contribution in [-0.4, -0.2) is 193 Å². The average Bonchev–Trinajstić information content (AvgIpc) is 4.02. The normalized spacial score (nSPS) is 18.1. The molecule has 458 valence electrons. The van der Waals surface area contributed by atoms with Crippen molar-refractivity contribution < 1.29 is 77.6 Å². The minimum Gasteiger partial charge on any atom is -0.508 e. The van der Waals surface area contributed by atoms with Gasteiger partial charge in [0.25, 0.3) is 0 Å². The fourth-order valence-electron chi connectivity index (χ4n) is 9.50. The van der Waals surface area contributed by atoms with Crippen LogP contribution >= 0.6 is 0 Å². The van der Waals surface area contributed by atoms with E-state index in [9.17, 15) is 72.9 Å². The molecule has 1 aromatic rings. The summed E-state index contributed by atoms with van der Waals surface area (Å²) in [6, 6.07) is -1.54. The van der Waals surface area contributed by atoms with E-state index in [2.05, 4.69) is 70.3 Å². The Morgan fingerprint density at radius 3 is 1.66 bits per heavy atom. The van der Waals surface area contributed by atoms with E-state index in [1.165, 1.54) is 36.1 Å². The lowest BCUT2D eigenvalue weighted by atomic mass is 10.0. The van der Waals surface area contributed by atoms with Gasteiger partial charge in [-0.15, -0.1) is 0 Å². The van der Waals surface area contributed by atoms with Crippen LogP contribution in [-0.2, 0) is 63.9 Å². The van der Waals surface area contributed by atoms with Gasteiger partial charge in [-0.3, -0.25) is 57.7 Å². The Morgan fingerprint density at radius 1 is 0.639 bits per heavy atom. The first-order valence-corrected chi connectivity index (χ1v) is 27.7. The highest BCUT2D eigenvalue weighted by Crippen LogP contribution is 2.52. The number of amides is 11. The number of ether oxygens (including phenoxy) is 1. The van der Waals surface area contributed by atoms with Crippen LogP contribution in [0.2, 0.25) is 0 Å². The lowest BCUT2D eigenvalue weighted by molar-refractivity contribution is -0.142. The number of hydrogen-bond acceptors (Lipinski definition) is 16. The molecule has 83 heavy (non-hydrogen) atoms. The molecule has 1 aliphatic heterocycles. The maximum absolute atomic E-state index is 13.7. The number of fused-ring (bicyclic) bond motifs is 1. The molecule has 2 aliphatic carbocycles. The van der Waals surface area contributed by atoms with E-state index < -0.39 is 141 Å². The Balaban J connectivity index is 1.32. The number of aliphatic hydroxyl groups excluding tert-OH is 1. The Morgan fingerprint density at radius 2 is 1.14 bits per heavy atom. The monoisotopic (exact) mass is 1170 g/mol. The molecule has 1 heterocycles. The van der Waals surface area contributed by atoms with Gasteiger partial charge in [-0.2, -0.15) is 0 Å². The third kappa shape index (κ3) is 25.4. The number of carboxylic acids is 1. The average molecular weight is 1170 g/mol. The second-order valence-electron chi connectivity index (χ2n) is 20.4. The van der Waals surface area contributed by atoms with Crippen LogP contribution in [0, 0.1) is 17.8 Å². The fraction of sp³-hybridized carbons (Fsp3) is 0.604. The van der Waals surface area contributed by atoms with Gasteiger partial charge in [0, 0.05) is 39.5 Å². The molecule has 3 aliphatic rings. The molecule has 0 aromatic heterocycles. The second kappa shape index (κ2) is 35.3. The SMILES string of the molecule is CC(=O)NCC(=O)N[C@@H](CCCCNC(=O)OCC1C2CC/C=C/CC[C@H]21)C(=O)NCC(=O)N[C@@H](Cc1ccc(O)cc1)C(=O)NCC(=O)N[C@@H](CCCN=C(N)N)C(=O)NCC(=O)N[C@@H](CC(=O)O)C(=O)N[C@@H](CO)C(=O)N1CCCC1. The molecule has 30 nitrogen and oxygen atoms in total. The van der Waals surface area contributed by atoms with E-state index in [1.54, 1.807) is 0 Å². The van der Waals surface area contributed by atoms with Crippen LogP contribution in [0.25, 0.3) is 0 Å². The predicted octanol–water partition coefficient (Wildman–Crippen LogP) is -4.12. The van der Waals surface area contributed by atoms with E-state index in [4.69, 9.17) is 16.2 Å². The van der Waals surface area contributed by atoms with Gasteiger partial charge in [0.05, 0.1) is 45.8 Å². The minimum atomic E-state index is -1.74. The number of carboxylic acid groups (broad SMARTS) is 1. The number of nitrogens with two attached hydrogens (primary N) is 2. The molecule has 2 fully saturated rings. The first kappa shape index (κ1) is 66.9. The van der Waals surface area contributed by atoms with Crippen molar-refractivity contribution in [2.24, 2.45) is 34.2 Å². The van der Waals surface area contributed by atoms with Gasteiger partial charge in [-0.05, 0) is 106 Å². The third-order valence-electron chi connectivity index (χ3n) is 13.9. The molecule has 0 spiro atoms. The highest BCUT2D eigenvalue weighted by molar-refractivity contribution is 5.97. The molecule has 2 unspecified atom stereocenters. The van der Waals surface area contributed by atoms with Gasteiger partial charge >= 0.3 is 12.1 Å². The van der Waals surface area contributed by atoms with Gasteiger partial charge in [0.1, 0.15) is 36.0 Å². The number of allylic oxidation sites excluding steroid dienone is 2. The number of nitrogens with zero attached hydrogens (tertiary/aromatic N) is 2. The largest absolute Gasteiger partial charge is 0.508 e. The summed E-state index contributed by atoms with van der Waals surface area (Å²) >= 11 is 0. The number of likely N-dealkylation sites (tertiary alicyclic amines) is 1. The van der Waals surface area contributed by atoms with Crippen molar-refractivity contribution in [1.82, 2.24) is 58.1 Å². The minimum absolute atomic E-state index is 0.00388. The fourth-order valence-corrected chi connectivity index (χ4v) is 9.50. The molecule has 8 atom stereocenters. The number of aliphatic imine (C=N–C) groups is 1. The summed E-state index contributed by atoms with van der Waals surface area (Å²) in [6.45, 7) is -0.987. The lowest BCUT2D eigenvalue weighted by Gasteiger charge is -2.25. The van der Waals surface area contributed by atoms with Gasteiger partial charge in [-0.25, -0.2) is 4.79 Å². The number of guanidine groups is 1. The van der Waals surface area contributed by atoms with Crippen molar-refractivity contribution in [3.05, 3.63) is 42.0 Å². The molecule has 17 N–H and O–H groups in total. The summed E-state index contributed by atoms with van der Waals surface area (Å²) in [5.74, 6) is -8.73. The van der Waals surface area contributed by atoms with Crippen molar-refractivity contribution >= 4 is 77.1 Å². The molecular formula is C53H80N14O16. The maximum Gasteiger partial charge on any atom is 0.407 e. The summed E-state index contributed by atoms with van der Waals surface area (Å²) in [7, 11) is 0. The van der Waals surface area contributed by atoms with Gasteiger partial charge in [-0.1, -0.05) is 24.3 Å². The van der Waals surface area contributed by atoms with Gasteiger partial charge in [0.2, 0.25) is 59.1 Å². The van der Waals surface area contributed by atoms with Crippen LogP contribution in [0.1, 0.15) is 89.5 Å². The zero-order chi connectivity index (χ0) is 60.8. The summed E-state index contributed by atoms with van der Waals surface area (Å²) in [5.41, 5.74) is 11.3. The van der Waals surface area contributed by atoms with Crippen molar-refractivity contribution in [3.63, 3.8) is 0 Å². The number of aromatic hydroxyl groups is 1. The number of aliphatic carboxylic acids is 1. The van der Waals surface area contributed by atoms with E-state index in [0.29, 0.717) is 55.9 Å². The van der Waals surface area contributed by atoms with E-state index in [1.807, 2.05) is 0 Å². The Bertz CT molecular complexity index is 2470. The van der Waals surface area contributed by atoms with Gasteiger partial charge in [0.15, 0.2) is 5.96 Å². The topological polar surface area (TPSA) is 463 Å². The smallest absolute Gasteiger partial charge is 0.407 e. The number of carbonyl (C=O) groups is 12. The molecule has 0 radical (unpaired) electrons. The zero-order valence-corrected chi connectivity index (χ0v) is 46.5. The molecule has 0 bridgehead atoms. The molecule has 4 rings (SSSR count). The van der Waals surface area contributed by atoms with E-state index in [0.717, 1.165) is 38.5 Å². The predicted molar refractivity (Wildman–Crippen MR) is 296 cm³/mol. The van der Waals surface area contributed by atoms with Crippen molar-refractivity contribution in [1.29, 1.82) is 0 Å². The molecule has 11 amide bonds. The van der Waals surface area contributed by atoms with Crippen LogP contribution < -0.4 is 64.6 Å². The van der Waals surface area contributed by atoms with Crippen LogP contribution in [0.15, 0.2) is 41.4 Å². The van der Waals surface area contributed by atoms with Crippen LogP contribution in [0.3, 0.4) is 0 Å². The number of unbranched alkanes of at least 4 members (excludes halogenated alkanes) is 1. The van der Waals surface area contributed by atoms with Crippen LogP contribution in [0.5, 0.6) is 5.75 Å². The van der Waals surface area contributed by atoms with E-state index >= 15 is 0 Å². The number of alkyl carbamates (subject to hydrolysis) is 1. The lowest BCUT2D eigenvalue weighted by Crippen LogP contribution is -2.57. The quantitative estimate of drug-likeness (QED) is 0.0135. The number of rotatable bonds is 34. The highest BCUT2D eigenvalue weighted by atomic mass is 16.5. The standard InChI is InChI=1S/C53H80N14O16/c1-31(69)58-25-42(71)62-37(13-6-7-19-57-53(82)83-30-36-34-11-4-2-3-5-12-35(34)36)47(77)59-27-44(73)64-39(23-32-15-17-33(70)18-16-32)49(79)61-26-43(72)63-38(14-10-20-56-52(54)55)48(78)60-28-45(74)65-40(24-46(75)76)50(80)66-41(29-68)51(81)67-21-8-9-22-67/h2-3,15-18,34-41,68,70H,4-14,19-30H2,1H3,(H,57,82)(H,58,69)(H,59,77)(H,60,78)(H,61,79)(H,62,71)(H,63,72)(H,64,73)(H,65,74)(H,66,80)(H,75,76)(H4,54,55,56)/b3-2+/t34-,35?,36?,37+,38+,39+,40+,41+/m1/s1. The maximum atomic E-state index is 13.7. The Kier molecular flexibility index (Phi) is 28.5. The molecule has 1 saturated carbocycles. The Hall–Kier alpha value is -8.57. The van der Waals surface area contributed by atoms with Crippen molar-refractivity contribution in [3.8, 4) is 5.75 Å². The molecule has 30 heteroatoms.